The molecule has 0 radical (unpaired) electrons. The minimum absolute atomic E-state index is 0.0197. The monoisotopic (exact) mass is 330 g/mol. The molecule has 0 unspecified atom stereocenters. The third-order valence-corrected chi connectivity index (χ3v) is 5.70. The predicted octanol–water partition coefficient (Wildman–Crippen LogP) is 2.90. The van der Waals surface area contributed by atoms with Gasteiger partial charge in [-0.2, -0.15) is 5.26 Å². The average Bonchev–Trinajstić information content (AvgIpc) is 2.61. The Labute approximate surface area is 143 Å². The molecule has 1 saturated heterocycles. The fourth-order valence-electron chi connectivity index (χ4n) is 4.49. The van der Waals surface area contributed by atoms with Gasteiger partial charge in [-0.25, -0.2) is 0 Å². The van der Waals surface area contributed by atoms with Crippen molar-refractivity contribution in [3.8, 4) is 17.6 Å². The minimum Gasteiger partial charge on any atom is -0.497 e. The third-order valence-electron chi connectivity index (χ3n) is 5.70. The van der Waals surface area contributed by atoms with Gasteiger partial charge in [0.2, 0.25) is 0 Å². The van der Waals surface area contributed by atoms with Crippen LogP contribution >= 0.6 is 0 Å². The van der Waals surface area contributed by atoms with Crippen molar-refractivity contribution < 1.29 is 14.6 Å². The number of likely N-dealkylation sites (tertiary alicyclic amines) is 1. The summed E-state index contributed by atoms with van der Waals surface area (Å²) in [5.41, 5.74) is 0.375. The van der Waals surface area contributed by atoms with E-state index in [1.165, 1.54) is 0 Å². The van der Waals surface area contributed by atoms with Gasteiger partial charge in [0.1, 0.15) is 11.5 Å². The largest absolute Gasteiger partial charge is 0.497 e. The highest BCUT2D eigenvalue weighted by atomic mass is 16.5. The fraction of sp³-hybridized carbons (Fsp3) is 0.632. The highest BCUT2D eigenvalue weighted by molar-refractivity contribution is 5.43. The summed E-state index contributed by atoms with van der Waals surface area (Å²) < 4.78 is 11.0. The summed E-state index contributed by atoms with van der Waals surface area (Å²) in [6.07, 6.45) is 4.76. The maximum atomic E-state index is 11.2. The van der Waals surface area contributed by atoms with Gasteiger partial charge >= 0.3 is 0 Å². The van der Waals surface area contributed by atoms with E-state index in [4.69, 9.17) is 9.47 Å². The lowest BCUT2D eigenvalue weighted by Gasteiger charge is -2.52. The SMILES string of the molecule is COc1ccc(OC)c([C@H]2[C@H]3CCCC[C@]3(O)CCN2CC#N)c1. The number of piperidine rings is 1. The Morgan fingerprint density at radius 1 is 1.29 bits per heavy atom. The summed E-state index contributed by atoms with van der Waals surface area (Å²) in [6.45, 7) is 1.09. The van der Waals surface area contributed by atoms with E-state index in [1.807, 2.05) is 18.2 Å². The lowest BCUT2D eigenvalue weighted by Crippen LogP contribution is -2.54. The second-order valence-corrected chi connectivity index (χ2v) is 6.89. The zero-order chi connectivity index (χ0) is 17.2. The molecule has 1 aromatic carbocycles. The zero-order valence-corrected chi connectivity index (χ0v) is 14.5. The van der Waals surface area contributed by atoms with Gasteiger partial charge in [0, 0.05) is 24.1 Å². The van der Waals surface area contributed by atoms with Gasteiger partial charge in [-0.05, 0) is 37.5 Å². The van der Waals surface area contributed by atoms with Crippen LogP contribution in [-0.4, -0.2) is 42.9 Å². The van der Waals surface area contributed by atoms with Gasteiger partial charge in [-0.1, -0.05) is 12.8 Å². The van der Waals surface area contributed by atoms with Crippen LogP contribution < -0.4 is 9.47 Å². The molecule has 1 saturated carbocycles. The Kier molecular flexibility index (Phi) is 4.98. The van der Waals surface area contributed by atoms with E-state index in [-0.39, 0.29) is 12.0 Å². The number of ether oxygens (including phenoxy) is 2. The van der Waals surface area contributed by atoms with E-state index in [2.05, 4.69) is 11.0 Å². The molecule has 0 spiro atoms. The van der Waals surface area contributed by atoms with E-state index in [9.17, 15) is 10.4 Å². The summed E-state index contributed by atoms with van der Waals surface area (Å²) in [7, 11) is 3.31. The maximum Gasteiger partial charge on any atom is 0.123 e. The van der Waals surface area contributed by atoms with Crippen LogP contribution in [0.4, 0.5) is 0 Å². The van der Waals surface area contributed by atoms with E-state index < -0.39 is 5.60 Å². The fourth-order valence-corrected chi connectivity index (χ4v) is 4.49. The van der Waals surface area contributed by atoms with Crippen LogP contribution in [0, 0.1) is 17.2 Å². The molecule has 0 bridgehead atoms. The highest BCUT2D eigenvalue weighted by Crippen LogP contribution is 2.51. The van der Waals surface area contributed by atoms with E-state index >= 15 is 0 Å². The molecule has 3 atom stereocenters. The average molecular weight is 330 g/mol. The third kappa shape index (κ3) is 2.97. The second kappa shape index (κ2) is 7.00. The van der Waals surface area contributed by atoms with Crippen molar-refractivity contribution in [2.24, 2.45) is 5.92 Å². The van der Waals surface area contributed by atoms with E-state index in [0.717, 1.165) is 55.7 Å². The minimum atomic E-state index is -0.636. The van der Waals surface area contributed by atoms with Crippen LogP contribution in [-0.2, 0) is 0 Å². The lowest BCUT2D eigenvalue weighted by molar-refractivity contribution is -0.122. The molecule has 130 valence electrons. The summed E-state index contributed by atoms with van der Waals surface area (Å²) >= 11 is 0. The lowest BCUT2D eigenvalue weighted by atomic mass is 9.66. The topological polar surface area (TPSA) is 65.7 Å². The number of nitriles is 1. The van der Waals surface area contributed by atoms with E-state index in [0.29, 0.717) is 6.54 Å². The number of rotatable bonds is 4. The molecule has 1 N–H and O–H groups in total. The van der Waals surface area contributed by atoms with Crippen molar-refractivity contribution in [3.05, 3.63) is 23.8 Å². The standard InChI is InChI=1S/C19H26N2O3/c1-23-14-6-7-17(24-2)15(13-14)18-16-5-3-4-8-19(16,22)9-11-21(18)12-10-20/h6-7,13,16,18,22H,3-5,8-9,11-12H2,1-2H3/t16-,18+,19+/m1/s1. The molecule has 3 rings (SSSR count). The Bertz CT molecular complexity index is 628. The number of fused-ring (bicyclic) bond motifs is 1. The highest BCUT2D eigenvalue weighted by Gasteiger charge is 2.49. The number of nitrogens with zero attached hydrogens (tertiary/aromatic N) is 2. The molecule has 5 nitrogen and oxygen atoms in total. The van der Waals surface area contributed by atoms with Crippen LogP contribution in [0.2, 0.25) is 0 Å². The van der Waals surface area contributed by atoms with Crippen molar-refractivity contribution in [1.29, 1.82) is 5.26 Å². The van der Waals surface area contributed by atoms with Crippen molar-refractivity contribution in [2.45, 2.75) is 43.7 Å². The number of aliphatic hydroxyl groups is 1. The Hall–Kier alpha value is -1.77. The van der Waals surface area contributed by atoms with E-state index in [1.54, 1.807) is 14.2 Å². The van der Waals surface area contributed by atoms with Gasteiger partial charge in [-0.3, -0.25) is 4.90 Å². The summed E-state index contributed by atoms with van der Waals surface area (Å²) in [4.78, 5) is 2.18. The number of hydrogen-bond acceptors (Lipinski definition) is 5. The summed E-state index contributed by atoms with van der Waals surface area (Å²) in [6, 6.07) is 8.05. The first-order valence-corrected chi connectivity index (χ1v) is 8.68. The smallest absolute Gasteiger partial charge is 0.123 e. The molecule has 0 aromatic heterocycles. The van der Waals surface area contributed by atoms with Gasteiger partial charge in [0.15, 0.2) is 0 Å². The number of hydrogen-bond donors (Lipinski definition) is 1. The second-order valence-electron chi connectivity index (χ2n) is 6.89. The molecule has 1 heterocycles. The van der Waals surface area contributed by atoms with Crippen molar-refractivity contribution in [3.63, 3.8) is 0 Å². The Morgan fingerprint density at radius 2 is 2.12 bits per heavy atom. The van der Waals surface area contributed by atoms with Crippen molar-refractivity contribution in [1.82, 2.24) is 4.90 Å². The quantitative estimate of drug-likeness (QED) is 0.860. The molecule has 24 heavy (non-hydrogen) atoms. The molecule has 2 fully saturated rings. The van der Waals surface area contributed by atoms with Gasteiger partial charge in [0.25, 0.3) is 0 Å². The first-order chi connectivity index (χ1) is 11.6. The first-order valence-electron chi connectivity index (χ1n) is 8.68. The summed E-state index contributed by atoms with van der Waals surface area (Å²) in [5.74, 6) is 1.68. The van der Waals surface area contributed by atoms with Crippen LogP contribution in [0.15, 0.2) is 18.2 Å². The molecule has 1 aliphatic heterocycles. The number of methoxy groups -OCH3 is 2. The van der Waals surface area contributed by atoms with Crippen molar-refractivity contribution >= 4 is 0 Å². The maximum absolute atomic E-state index is 11.2. The van der Waals surface area contributed by atoms with Crippen LogP contribution in [0.25, 0.3) is 0 Å². The zero-order valence-electron chi connectivity index (χ0n) is 14.5. The Balaban J connectivity index is 2.07. The van der Waals surface area contributed by atoms with Crippen LogP contribution in [0.3, 0.4) is 0 Å². The predicted molar refractivity (Wildman–Crippen MR) is 91.0 cm³/mol. The summed E-state index contributed by atoms with van der Waals surface area (Å²) in [5, 5.41) is 20.5. The van der Waals surface area contributed by atoms with Crippen LogP contribution in [0.5, 0.6) is 11.5 Å². The molecule has 0 amide bonds. The number of benzene rings is 1. The molecule has 5 heteroatoms. The molecule has 1 aromatic rings. The molecular formula is C19H26N2O3. The Morgan fingerprint density at radius 3 is 2.83 bits per heavy atom. The first kappa shape index (κ1) is 17.1. The normalized spacial score (nSPS) is 30.2. The van der Waals surface area contributed by atoms with Gasteiger partial charge in [-0.15, -0.1) is 0 Å². The van der Waals surface area contributed by atoms with Crippen molar-refractivity contribution in [2.75, 3.05) is 27.3 Å². The molecule has 1 aliphatic carbocycles. The van der Waals surface area contributed by atoms with Gasteiger partial charge < -0.3 is 14.6 Å². The van der Waals surface area contributed by atoms with Crippen LogP contribution in [0.1, 0.15) is 43.7 Å². The molecule has 2 aliphatic rings. The van der Waals surface area contributed by atoms with Gasteiger partial charge in [0.05, 0.1) is 32.4 Å². The molecular weight excluding hydrogens is 304 g/mol.